The van der Waals surface area contributed by atoms with Gasteiger partial charge in [-0.2, -0.15) is 149 Å². The number of alkyl halides is 38. The first-order valence-electron chi connectivity index (χ1n) is 26.7. The third-order valence-electron chi connectivity index (χ3n) is 21.1. The molecule has 6 rings (SSSR count). The van der Waals surface area contributed by atoms with E-state index in [1.807, 2.05) is 0 Å². The largest absolute Gasteiger partial charge is 0.429 e. The van der Waals surface area contributed by atoms with Crippen molar-refractivity contribution in [3.8, 4) is 0 Å². The van der Waals surface area contributed by atoms with Crippen molar-refractivity contribution in [2.24, 2.45) is 80.8 Å². The van der Waals surface area contributed by atoms with Crippen molar-refractivity contribution >= 4 is 0 Å². The zero-order valence-corrected chi connectivity index (χ0v) is 50.0. The van der Waals surface area contributed by atoms with Crippen LogP contribution < -0.4 is 0 Å². The van der Waals surface area contributed by atoms with Gasteiger partial charge in [-0.1, -0.05) is 83.6 Å². The van der Waals surface area contributed by atoms with E-state index in [1.165, 1.54) is 6.92 Å². The molecule has 548 valence electrons. The lowest BCUT2D eigenvalue weighted by molar-refractivity contribution is -0.308. The summed E-state index contributed by atoms with van der Waals surface area (Å²) in [6, 6.07) is 0. The van der Waals surface area contributed by atoms with E-state index in [9.17, 15) is 167 Å². The van der Waals surface area contributed by atoms with Gasteiger partial charge in [-0.25, -0.2) is 17.6 Å². The van der Waals surface area contributed by atoms with Crippen LogP contribution in [0.25, 0.3) is 0 Å². The zero-order chi connectivity index (χ0) is 73.6. The van der Waals surface area contributed by atoms with E-state index in [0.29, 0.717) is 61.3 Å². The van der Waals surface area contributed by atoms with Gasteiger partial charge < -0.3 is 0 Å². The van der Waals surface area contributed by atoms with Crippen LogP contribution >= 0.6 is 0 Å². The van der Waals surface area contributed by atoms with Gasteiger partial charge in [0.25, 0.3) is 5.67 Å². The zero-order valence-electron chi connectivity index (χ0n) is 50.0. The van der Waals surface area contributed by atoms with Crippen molar-refractivity contribution in [3.05, 3.63) is 0 Å². The third kappa shape index (κ3) is 12.3. The number of hydrogen-bond acceptors (Lipinski definition) is 0. The quantitative estimate of drug-likeness (QED) is 0.212. The van der Waals surface area contributed by atoms with E-state index < -0.39 is 178 Å². The van der Waals surface area contributed by atoms with Crippen LogP contribution in [0.5, 0.6) is 0 Å². The molecule has 6 aliphatic rings. The Morgan fingerprint density at radius 3 is 0.670 bits per heavy atom. The lowest BCUT2D eigenvalue weighted by Crippen LogP contribution is -2.64. The molecule has 0 bridgehead atoms. The SMILES string of the molecule is C.CC1(C)C(F)(F)C(F)(F)C(C)(F)C1(C)C(F)(F)F.CC1(F)C(F)(F)C(F)(F)C(C)(F)C1(F)C(F)(F)F.CC1C(C(F)(F)F)C(C)C(F)(F)C1(F)F.CC1C(F)(F)C(F)(F)C(C)C1(C)C(F)(F)F.CC1CCC(C)C1(C)C(F)(F)F.CC1CCC(C)C1C(F)(F)F. The molecule has 0 saturated heterocycles. The van der Waals surface area contributed by atoms with Gasteiger partial charge in [0.15, 0.2) is 5.67 Å². The Morgan fingerprint density at radius 1 is 0.286 bits per heavy atom. The van der Waals surface area contributed by atoms with E-state index in [1.54, 1.807) is 27.7 Å². The number of rotatable bonds is 0. The maximum Gasteiger partial charge on any atom is 0.429 e. The van der Waals surface area contributed by atoms with Crippen LogP contribution in [-0.2, 0) is 0 Å². The molecule has 0 aromatic carbocycles. The Bertz CT molecular complexity index is 2240. The molecule has 12 atom stereocenters. The fraction of sp³-hybridized carbons (Fsp3) is 1.00. The lowest BCUT2D eigenvalue weighted by atomic mass is 9.63. The highest BCUT2D eigenvalue weighted by atomic mass is 19.4. The Morgan fingerprint density at radius 2 is 0.538 bits per heavy atom. The highest BCUT2D eigenvalue weighted by Gasteiger charge is 3.00. The minimum Gasteiger partial charge on any atom is -0.236 e. The highest BCUT2D eigenvalue weighted by molar-refractivity contribution is 5.33. The van der Waals surface area contributed by atoms with E-state index in [0.717, 1.165) is 12.8 Å². The fourth-order valence-electron chi connectivity index (χ4n) is 13.0. The molecule has 0 spiro atoms. The number of hydrogen-bond donors (Lipinski definition) is 0. The van der Waals surface area contributed by atoms with Crippen LogP contribution in [0.4, 0.5) is 167 Å². The summed E-state index contributed by atoms with van der Waals surface area (Å²) in [6.45, 7) is 9.73. The molecule has 38 heteroatoms. The predicted molar refractivity (Wildman–Crippen MR) is 252 cm³/mol. The van der Waals surface area contributed by atoms with E-state index in [4.69, 9.17) is 0 Å². The van der Waals surface area contributed by atoms with Crippen molar-refractivity contribution in [2.75, 3.05) is 0 Å². The third-order valence-corrected chi connectivity index (χ3v) is 21.1. The summed E-state index contributed by atoms with van der Waals surface area (Å²) in [5.74, 6) is -55.6. The van der Waals surface area contributed by atoms with Gasteiger partial charge in [0.1, 0.15) is 5.41 Å². The summed E-state index contributed by atoms with van der Waals surface area (Å²) >= 11 is 0. The van der Waals surface area contributed by atoms with Crippen molar-refractivity contribution in [1.82, 2.24) is 0 Å². The fourth-order valence-corrected chi connectivity index (χ4v) is 13.0. The molecule has 0 aromatic heterocycles. The first-order chi connectivity index (χ1) is 38.5. The molecule has 0 aromatic rings. The smallest absolute Gasteiger partial charge is 0.236 e. The average molecular weight is 1430 g/mol. The topological polar surface area (TPSA) is 0 Å². The summed E-state index contributed by atoms with van der Waals surface area (Å²) < 4.78 is 489. The van der Waals surface area contributed by atoms with Gasteiger partial charge >= 0.3 is 84.4 Å². The van der Waals surface area contributed by atoms with E-state index in [2.05, 4.69) is 0 Å². The molecule has 6 fully saturated rings. The minimum atomic E-state index is -6.58. The van der Waals surface area contributed by atoms with E-state index >= 15 is 0 Å². The number of halogens is 38. The predicted octanol–water partition coefficient (Wildman–Crippen LogP) is 23.9. The van der Waals surface area contributed by atoms with Gasteiger partial charge in [-0.15, -0.1) is 0 Å². The molecule has 12 unspecified atom stereocenters. The summed E-state index contributed by atoms with van der Waals surface area (Å²) in [6.07, 6.45) is -27.4. The molecule has 0 amide bonds. The van der Waals surface area contributed by atoms with Gasteiger partial charge in [0.2, 0.25) is 11.3 Å². The normalized spacial score (nSPS) is 42.1. The summed E-state index contributed by atoms with van der Waals surface area (Å²) in [5.41, 5.74) is -33.1. The van der Waals surface area contributed by atoms with Gasteiger partial charge in [-0.3, -0.25) is 0 Å². The molecule has 6 aliphatic carbocycles. The van der Waals surface area contributed by atoms with Crippen LogP contribution in [0.1, 0.15) is 144 Å². The van der Waals surface area contributed by atoms with Crippen LogP contribution in [0.2, 0.25) is 0 Å². The molecular formula is C53H70F38. The Hall–Kier alpha value is -2.66. The van der Waals surface area contributed by atoms with Crippen LogP contribution in [0, 0.1) is 80.8 Å². The van der Waals surface area contributed by atoms with Gasteiger partial charge in [-0.05, 0) is 84.0 Å². The molecule has 6 saturated carbocycles. The van der Waals surface area contributed by atoms with Gasteiger partial charge in [0.05, 0.1) is 28.1 Å². The minimum absolute atomic E-state index is 0. The highest BCUT2D eigenvalue weighted by Crippen LogP contribution is 2.77. The second-order valence-corrected chi connectivity index (χ2v) is 25.8. The molecule has 0 nitrogen and oxygen atoms in total. The standard InChI is InChI=1S/C10H12F8.C9H11F7.C9H15F3.C8H6F10.C8H9F7.C8H13F3.CH4/c1-5(2)6(3,10(16,17)18)7(4,11)9(14,15)8(5,12)13;1-4-6(3,9(14,15)16)5(2)8(12,13)7(4,10)11;1-6-4-5-7(2)8(6,3)9(10,11)12;1-3(9)5(11,8(16,17)18)4(2,10)7(14,15)6(3,12)13;1-3-5(8(13,14)15)4(2)7(11,12)6(3,9)10;1-5-3-4-6(2)7(5)8(9,10)11;/h1-4H3;4-5H,1-3H3;6-7H,4-5H2,1-3H3;1-2H3;3-5H,1-2H3;5-7H,3-4H2,1-2H3;1H4. The van der Waals surface area contributed by atoms with Crippen molar-refractivity contribution in [2.45, 2.75) is 251 Å². The van der Waals surface area contributed by atoms with Crippen molar-refractivity contribution in [1.29, 1.82) is 0 Å². The first-order valence-corrected chi connectivity index (χ1v) is 26.7. The second-order valence-electron chi connectivity index (χ2n) is 25.8. The molecule has 0 radical (unpaired) electrons. The maximum absolute atomic E-state index is 14.0. The monoisotopic (exact) mass is 1430 g/mol. The van der Waals surface area contributed by atoms with Crippen LogP contribution in [-0.4, -0.2) is 107 Å². The molecule has 91 heavy (non-hydrogen) atoms. The summed E-state index contributed by atoms with van der Waals surface area (Å²) in [5, 5.41) is 0. The van der Waals surface area contributed by atoms with Crippen molar-refractivity contribution < 1.29 is 167 Å². The molecular weight excluding hydrogens is 1360 g/mol. The summed E-state index contributed by atoms with van der Waals surface area (Å²) in [7, 11) is 0. The first kappa shape index (κ1) is 88.3. The van der Waals surface area contributed by atoms with Gasteiger partial charge in [0, 0.05) is 23.7 Å². The van der Waals surface area contributed by atoms with Crippen LogP contribution in [0.15, 0.2) is 0 Å². The molecule has 0 aliphatic heterocycles. The lowest BCUT2D eigenvalue weighted by Gasteiger charge is -2.44. The molecule has 0 N–H and O–H groups in total. The summed E-state index contributed by atoms with van der Waals surface area (Å²) in [4.78, 5) is 0. The van der Waals surface area contributed by atoms with E-state index in [-0.39, 0.29) is 44.9 Å². The second kappa shape index (κ2) is 24.4. The Kier molecular flexibility index (Phi) is 23.7. The van der Waals surface area contributed by atoms with Crippen molar-refractivity contribution in [3.63, 3.8) is 0 Å². The maximum atomic E-state index is 14.0. The Labute approximate surface area is 498 Å². The Balaban J connectivity index is 0.00000107. The average Bonchev–Trinajstić information content (AvgIpc) is 1.51. The van der Waals surface area contributed by atoms with Crippen LogP contribution in [0.3, 0.4) is 0 Å². The molecule has 0 heterocycles.